The largest absolute Gasteiger partial charge is 0.392 e. The molecule has 0 atom stereocenters. The summed E-state index contributed by atoms with van der Waals surface area (Å²) in [6.45, 7) is 1.09. The summed E-state index contributed by atoms with van der Waals surface area (Å²) in [5, 5.41) is 9.14. The number of rotatable bonds is 4. The number of nitrogens with one attached hydrogen (secondary N) is 1. The molecule has 0 amide bonds. The van der Waals surface area contributed by atoms with E-state index in [0.717, 1.165) is 18.2 Å². The van der Waals surface area contributed by atoms with Crippen molar-refractivity contribution >= 4 is 15.7 Å². The Labute approximate surface area is 121 Å². The summed E-state index contributed by atoms with van der Waals surface area (Å²) < 4.78 is 53.4. The van der Waals surface area contributed by atoms with Crippen LogP contribution in [0.5, 0.6) is 0 Å². The van der Waals surface area contributed by atoms with Crippen molar-refractivity contribution < 1.29 is 22.3 Å². The van der Waals surface area contributed by atoms with Gasteiger partial charge in [0, 0.05) is 0 Å². The number of anilines is 1. The zero-order valence-electron chi connectivity index (χ0n) is 11.1. The monoisotopic (exact) mass is 313 g/mol. The first-order valence-electron chi connectivity index (χ1n) is 6.02. The van der Waals surface area contributed by atoms with Crippen LogP contribution in [0.2, 0.25) is 0 Å². The molecule has 2 N–H and O–H groups in total. The van der Waals surface area contributed by atoms with Gasteiger partial charge in [0.1, 0.15) is 11.6 Å². The molecule has 0 fully saturated rings. The van der Waals surface area contributed by atoms with Crippen LogP contribution < -0.4 is 4.72 Å². The highest BCUT2D eigenvalue weighted by atomic mass is 32.2. The second-order valence-electron chi connectivity index (χ2n) is 4.50. The van der Waals surface area contributed by atoms with Gasteiger partial charge < -0.3 is 5.11 Å². The van der Waals surface area contributed by atoms with E-state index in [1.807, 2.05) is 0 Å². The van der Waals surface area contributed by atoms with Gasteiger partial charge in [0.2, 0.25) is 0 Å². The van der Waals surface area contributed by atoms with Crippen molar-refractivity contribution in [3.8, 4) is 0 Å². The molecule has 0 spiro atoms. The highest BCUT2D eigenvalue weighted by molar-refractivity contribution is 7.92. The van der Waals surface area contributed by atoms with Gasteiger partial charge in [-0.15, -0.1) is 0 Å². The summed E-state index contributed by atoms with van der Waals surface area (Å²) in [6.07, 6.45) is 0. The molecule has 0 saturated heterocycles. The number of hydrogen-bond donors (Lipinski definition) is 2. The van der Waals surface area contributed by atoms with Crippen LogP contribution in [0.25, 0.3) is 0 Å². The van der Waals surface area contributed by atoms with Gasteiger partial charge in [0.15, 0.2) is 0 Å². The van der Waals surface area contributed by atoms with Crippen molar-refractivity contribution in [2.75, 3.05) is 4.72 Å². The van der Waals surface area contributed by atoms with Gasteiger partial charge in [-0.1, -0.05) is 12.1 Å². The molecule has 0 saturated carbocycles. The average molecular weight is 313 g/mol. The Morgan fingerprint density at radius 2 is 1.86 bits per heavy atom. The van der Waals surface area contributed by atoms with Crippen molar-refractivity contribution in [1.29, 1.82) is 0 Å². The van der Waals surface area contributed by atoms with Crippen molar-refractivity contribution in [2.45, 2.75) is 18.4 Å². The van der Waals surface area contributed by atoms with Crippen LogP contribution in [0.1, 0.15) is 11.1 Å². The van der Waals surface area contributed by atoms with Crippen LogP contribution in [0.15, 0.2) is 41.3 Å². The highest BCUT2D eigenvalue weighted by Crippen LogP contribution is 2.23. The van der Waals surface area contributed by atoms with Gasteiger partial charge in [-0.2, -0.15) is 0 Å². The Morgan fingerprint density at radius 1 is 1.14 bits per heavy atom. The summed E-state index contributed by atoms with van der Waals surface area (Å²) in [7, 11) is -4.20. The number of aliphatic hydroxyl groups excluding tert-OH is 1. The molecule has 7 heteroatoms. The lowest BCUT2D eigenvalue weighted by molar-refractivity contribution is 0.278. The highest BCUT2D eigenvalue weighted by Gasteiger charge is 2.20. The lowest BCUT2D eigenvalue weighted by atomic mass is 10.2. The van der Waals surface area contributed by atoms with Crippen molar-refractivity contribution in [3.63, 3.8) is 0 Å². The Balaban J connectivity index is 2.45. The second kappa shape index (κ2) is 5.79. The van der Waals surface area contributed by atoms with Crippen molar-refractivity contribution in [2.24, 2.45) is 0 Å². The van der Waals surface area contributed by atoms with Crippen LogP contribution in [0, 0.1) is 18.6 Å². The van der Waals surface area contributed by atoms with E-state index in [1.165, 1.54) is 12.1 Å². The maximum atomic E-state index is 13.7. The SMILES string of the molecule is Cc1ccc(NS(=O)(=O)c2cc(F)ccc2CO)c(F)c1. The summed E-state index contributed by atoms with van der Waals surface area (Å²) in [6, 6.07) is 6.97. The lowest BCUT2D eigenvalue weighted by Gasteiger charge is -2.12. The fourth-order valence-electron chi connectivity index (χ4n) is 1.81. The normalized spacial score (nSPS) is 11.4. The first-order chi connectivity index (χ1) is 9.83. The van der Waals surface area contributed by atoms with Crippen LogP contribution >= 0.6 is 0 Å². The summed E-state index contributed by atoms with van der Waals surface area (Å²) in [5.41, 5.74) is 0.419. The molecule has 0 aliphatic carbocycles. The van der Waals surface area contributed by atoms with Gasteiger partial charge in [-0.05, 0) is 42.3 Å². The number of aryl methyl sites for hydroxylation is 1. The second-order valence-corrected chi connectivity index (χ2v) is 6.15. The number of aliphatic hydroxyl groups is 1. The first kappa shape index (κ1) is 15.4. The van der Waals surface area contributed by atoms with E-state index in [0.29, 0.717) is 5.56 Å². The molecule has 4 nitrogen and oxygen atoms in total. The number of sulfonamides is 1. The smallest absolute Gasteiger partial charge is 0.262 e. The van der Waals surface area contributed by atoms with Crippen molar-refractivity contribution in [1.82, 2.24) is 0 Å². The Kier molecular flexibility index (Phi) is 4.24. The van der Waals surface area contributed by atoms with Crippen LogP contribution in [-0.2, 0) is 16.6 Å². The van der Waals surface area contributed by atoms with E-state index < -0.39 is 33.2 Å². The zero-order valence-corrected chi connectivity index (χ0v) is 11.9. The molecule has 0 aliphatic heterocycles. The standard InChI is InChI=1S/C14H13F2NO3S/c1-9-2-5-13(12(16)6-9)17-21(19,20)14-7-11(15)4-3-10(14)8-18/h2-7,17-18H,8H2,1H3. The van der Waals surface area contributed by atoms with Crippen molar-refractivity contribution in [3.05, 3.63) is 59.2 Å². The molecule has 0 heterocycles. The molecule has 2 rings (SSSR count). The van der Waals surface area contributed by atoms with E-state index in [-0.39, 0.29) is 11.3 Å². The fourth-order valence-corrected chi connectivity index (χ4v) is 3.12. The molecule has 112 valence electrons. The van der Waals surface area contributed by atoms with Gasteiger partial charge in [0.05, 0.1) is 17.2 Å². The van der Waals surface area contributed by atoms with E-state index >= 15 is 0 Å². The van der Waals surface area contributed by atoms with E-state index in [1.54, 1.807) is 13.0 Å². The Bertz CT molecular complexity index is 776. The molecule has 0 aliphatic rings. The summed E-state index contributed by atoms with van der Waals surface area (Å²) in [5.74, 6) is -1.50. The van der Waals surface area contributed by atoms with E-state index in [9.17, 15) is 17.2 Å². The van der Waals surface area contributed by atoms with Crippen LogP contribution in [0.3, 0.4) is 0 Å². The third-order valence-electron chi connectivity index (χ3n) is 2.86. The third kappa shape index (κ3) is 3.37. The zero-order chi connectivity index (χ0) is 15.6. The topological polar surface area (TPSA) is 66.4 Å². The maximum Gasteiger partial charge on any atom is 0.262 e. The molecule has 2 aromatic carbocycles. The molecule has 0 unspecified atom stereocenters. The molecular formula is C14H13F2NO3S. The minimum atomic E-state index is -4.20. The predicted octanol–water partition coefficient (Wildman–Crippen LogP) is 2.57. The lowest BCUT2D eigenvalue weighted by Crippen LogP contribution is -2.16. The molecule has 2 aromatic rings. The molecule has 0 aromatic heterocycles. The predicted molar refractivity (Wildman–Crippen MR) is 74.3 cm³/mol. The summed E-state index contributed by atoms with van der Waals surface area (Å²) in [4.78, 5) is -0.426. The van der Waals surface area contributed by atoms with Gasteiger partial charge in [-0.25, -0.2) is 17.2 Å². The Hall–Kier alpha value is -1.99. The van der Waals surface area contributed by atoms with Crippen LogP contribution in [-0.4, -0.2) is 13.5 Å². The minimum Gasteiger partial charge on any atom is -0.392 e. The summed E-state index contributed by atoms with van der Waals surface area (Å²) >= 11 is 0. The average Bonchev–Trinajstić information content (AvgIpc) is 2.42. The number of hydrogen-bond acceptors (Lipinski definition) is 3. The quantitative estimate of drug-likeness (QED) is 0.911. The van der Waals surface area contributed by atoms with Gasteiger partial charge >= 0.3 is 0 Å². The fraction of sp³-hybridized carbons (Fsp3) is 0.143. The molecular weight excluding hydrogens is 300 g/mol. The van der Waals surface area contributed by atoms with E-state index in [4.69, 9.17) is 5.11 Å². The minimum absolute atomic E-state index is 0.0245. The van der Waals surface area contributed by atoms with E-state index in [2.05, 4.69) is 4.72 Å². The van der Waals surface area contributed by atoms with Crippen LogP contribution in [0.4, 0.5) is 14.5 Å². The molecule has 0 bridgehead atoms. The molecule has 0 radical (unpaired) electrons. The van der Waals surface area contributed by atoms with Gasteiger partial charge in [-0.3, -0.25) is 4.72 Å². The number of benzene rings is 2. The Morgan fingerprint density at radius 3 is 2.48 bits per heavy atom. The third-order valence-corrected chi connectivity index (χ3v) is 4.31. The van der Waals surface area contributed by atoms with Gasteiger partial charge in [0.25, 0.3) is 10.0 Å². The number of halogens is 2. The maximum absolute atomic E-state index is 13.7. The molecule has 21 heavy (non-hydrogen) atoms. The first-order valence-corrected chi connectivity index (χ1v) is 7.50.